The average Bonchev–Trinajstić information content (AvgIpc) is 2.86. The van der Waals surface area contributed by atoms with E-state index < -0.39 is 28.5 Å². The first kappa shape index (κ1) is 29.2. The van der Waals surface area contributed by atoms with Gasteiger partial charge in [0.2, 0.25) is 21.8 Å². The third-order valence-electron chi connectivity index (χ3n) is 5.65. The number of carbonyl (C=O) groups excluding carboxylic acids is 2. The molecule has 1 N–H and O–H groups in total. The van der Waals surface area contributed by atoms with Gasteiger partial charge in [0, 0.05) is 23.6 Å². The number of hydrogen-bond acceptors (Lipinski definition) is 4. The van der Waals surface area contributed by atoms with E-state index in [1.54, 1.807) is 42.5 Å². The number of hydrogen-bond donors (Lipinski definition) is 1. The Hall–Kier alpha value is -2.34. The van der Waals surface area contributed by atoms with Crippen LogP contribution in [0.5, 0.6) is 0 Å². The molecule has 0 aliphatic rings. The number of anilines is 1. The molecule has 0 heterocycles. The second-order valence-corrected chi connectivity index (χ2v) is 12.3. The van der Waals surface area contributed by atoms with E-state index in [9.17, 15) is 18.0 Å². The second-order valence-electron chi connectivity index (χ2n) is 8.34. The second kappa shape index (κ2) is 12.9. The molecule has 0 spiro atoms. The molecule has 3 aromatic carbocycles. The normalized spacial score (nSPS) is 12.0. The van der Waals surface area contributed by atoms with E-state index in [2.05, 4.69) is 27.9 Å². The summed E-state index contributed by atoms with van der Waals surface area (Å²) in [6.45, 7) is -0.464. The lowest BCUT2D eigenvalue weighted by molar-refractivity contribution is -0.139. The van der Waals surface area contributed by atoms with Crippen molar-refractivity contribution in [2.45, 2.75) is 19.0 Å². The lowest BCUT2D eigenvalue weighted by atomic mass is 10.0. The number of halogens is 3. The van der Waals surface area contributed by atoms with E-state index >= 15 is 0 Å². The Kier molecular flexibility index (Phi) is 10.2. The molecule has 0 saturated heterocycles. The highest BCUT2D eigenvalue weighted by Crippen LogP contribution is 2.25. The topological polar surface area (TPSA) is 86.8 Å². The maximum absolute atomic E-state index is 13.8. The largest absolute Gasteiger partial charge is 0.357 e. The average molecular weight is 674 g/mol. The molecule has 7 nitrogen and oxygen atoms in total. The van der Waals surface area contributed by atoms with Crippen molar-refractivity contribution < 1.29 is 18.0 Å². The van der Waals surface area contributed by atoms with E-state index in [1.165, 1.54) is 11.9 Å². The van der Waals surface area contributed by atoms with Crippen molar-refractivity contribution in [3.05, 3.63) is 97.5 Å². The van der Waals surface area contributed by atoms with E-state index in [-0.39, 0.29) is 18.9 Å². The first-order chi connectivity index (χ1) is 17.5. The van der Waals surface area contributed by atoms with Gasteiger partial charge in [0.25, 0.3) is 0 Å². The van der Waals surface area contributed by atoms with Crippen molar-refractivity contribution in [1.82, 2.24) is 10.2 Å². The van der Waals surface area contributed by atoms with Gasteiger partial charge in [0.15, 0.2) is 0 Å². The van der Waals surface area contributed by atoms with Crippen LogP contribution in [0.25, 0.3) is 0 Å². The Morgan fingerprint density at radius 1 is 0.946 bits per heavy atom. The van der Waals surface area contributed by atoms with Crippen LogP contribution in [-0.2, 0) is 32.6 Å². The number of benzene rings is 3. The Labute approximate surface area is 240 Å². The van der Waals surface area contributed by atoms with Crippen molar-refractivity contribution in [2.75, 3.05) is 24.2 Å². The summed E-state index contributed by atoms with van der Waals surface area (Å²) >= 11 is 14.4. The first-order valence-electron chi connectivity index (χ1n) is 11.2. The Morgan fingerprint density at radius 2 is 1.59 bits per heavy atom. The number of nitrogens with one attached hydrogen (secondary N) is 1. The molecule has 0 aliphatic carbocycles. The van der Waals surface area contributed by atoms with Gasteiger partial charge < -0.3 is 10.2 Å². The van der Waals surface area contributed by atoms with E-state index in [0.29, 0.717) is 21.3 Å². The zero-order valence-electron chi connectivity index (χ0n) is 20.2. The Morgan fingerprint density at radius 3 is 2.16 bits per heavy atom. The first-order valence-corrected chi connectivity index (χ1v) is 14.9. The molecule has 3 aromatic rings. The number of amides is 2. The fourth-order valence-electron chi connectivity index (χ4n) is 3.78. The number of rotatable bonds is 10. The van der Waals surface area contributed by atoms with Gasteiger partial charge >= 0.3 is 0 Å². The fourth-order valence-corrected chi connectivity index (χ4v) is 5.31. The van der Waals surface area contributed by atoms with Gasteiger partial charge in [-0.1, -0.05) is 59.6 Å². The minimum absolute atomic E-state index is 0.0188. The summed E-state index contributed by atoms with van der Waals surface area (Å²) in [6.07, 6.45) is 1.28. The predicted octanol–water partition coefficient (Wildman–Crippen LogP) is 4.75. The molecule has 0 bridgehead atoms. The molecular formula is C26H26Cl2IN3O4S. The molecule has 37 heavy (non-hydrogen) atoms. The lowest BCUT2D eigenvalue weighted by Crippen LogP contribution is -2.52. The zero-order valence-corrected chi connectivity index (χ0v) is 24.7. The van der Waals surface area contributed by atoms with Gasteiger partial charge in [-0.15, -0.1) is 0 Å². The molecule has 2 amide bonds. The highest BCUT2D eigenvalue weighted by atomic mass is 127. The van der Waals surface area contributed by atoms with E-state index in [1.807, 2.05) is 30.3 Å². The molecule has 0 unspecified atom stereocenters. The maximum Gasteiger partial charge on any atom is 0.244 e. The van der Waals surface area contributed by atoms with Gasteiger partial charge in [-0.25, -0.2) is 8.42 Å². The SMILES string of the molecule is CNC(=O)[C@H](Cc1ccccc1)N(Cc1ccc(Cl)c(Cl)c1)C(=O)CN(c1ccc(I)cc1)S(C)(=O)=O. The van der Waals surface area contributed by atoms with Gasteiger partial charge in [0.1, 0.15) is 12.6 Å². The monoisotopic (exact) mass is 673 g/mol. The third kappa shape index (κ3) is 8.07. The van der Waals surface area contributed by atoms with Crippen LogP contribution in [0, 0.1) is 3.57 Å². The molecule has 0 fully saturated rings. The van der Waals surface area contributed by atoms with Crippen molar-refractivity contribution in [3.63, 3.8) is 0 Å². The van der Waals surface area contributed by atoms with E-state index in [4.69, 9.17) is 23.2 Å². The highest BCUT2D eigenvalue weighted by Gasteiger charge is 2.32. The number of carbonyl (C=O) groups is 2. The van der Waals surface area contributed by atoms with Crippen molar-refractivity contribution >= 4 is 73.3 Å². The number of likely N-dealkylation sites (N-methyl/N-ethyl adjacent to an activating group) is 1. The van der Waals surface area contributed by atoms with Gasteiger partial charge in [0.05, 0.1) is 22.0 Å². The molecule has 1 atom stereocenters. The van der Waals surface area contributed by atoms with Crippen molar-refractivity contribution in [1.29, 1.82) is 0 Å². The molecule has 0 radical (unpaired) electrons. The highest BCUT2D eigenvalue weighted by molar-refractivity contribution is 14.1. The van der Waals surface area contributed by atoms with Crippen LogP contribution in [0.4, 0.5) is 5.69 Å². The third-order valence-corrected chi connectivity index (χ3v) is 8.25. The Balaban J connectivity index is 2.03. The summed E-state index contributed by atoms with van der Waals surface area (Å²) < 4.78 is 27.4. The summed E-state index contributed by atoms with van der Waals surface area (Å²) in [5.74, 6) is -0.919. The number of nitrogens with zero attached hydrogens (tertiary/aromatic N) is 2. The standard InChI is InChI=1S/C26H26Cl2IN3O4S/c1-30-26(34)24(15-18-6-4-3-5-7-18)31(16-19-8-13-22(27)23(28)14-19)25(33)17-32(37(2,35)36)21-11-9-20(29)10-12-21/h3-14,24H,15-17H2,1-2H3,(H,30,34)/t24-/m0/s1. The molecule has 0 aliphatic heterocycles. The van der Waals surface area contributed by atoms with Gasteiger partial charge in [-0.2, -0.15) is 0 Å². The minimum Gasteiger partial charge on any atom is -0.357 e. The minimum atomic E-state index is -3.81. The van der Waals surface area contributed by atoms with Crippen LogP contribution in [0.2, 0.25) is 10.0 Å². The quantitative estimate of drug-likeness (QED) is 0.315. The van der Waals surface area contributed by atoms with Crippen molar-refractivity contribution in [3.8, 4) is 0 Å². The van der Waals surface area contributed by atoms with Crippen LogP contribution in [0.1, 0.15) is 11.1 Å². The fraction of sp³-hybridized carbons (Fsp3) is 0.231. The van der Waals surface area contributed by atoms with Crippen LogP contribution in [0.3, 0.4) is 0 Å². The maximum atomic E-state index is 13.8. The summed E-state index contributed by atoms with van der Waals surface area (Å²) in [4.78, 5) is 28.3. The summed E-state index contributed by atoms with van der Waals surface area (Å²) in [7, 11) is -2.31. The lowest BCUT2D eigenvalue weighted by Gasteiger charge is -2.33. The van der Waals surface area contributed by atoms with Crippen molar-refractivity contribution in [2.24, 2.45) is 0 Å². The molecular weight excluding hydrogens is 648 g/mol. The van der Waals surface area contributed by atoms with Crippen LogP contribution < -0.4 is 9.62 Å². The van der Waals surface area contributed by atoms with Gasteiger partial charge in [-0.05, 0) is 70.1 Å². The molecule has 0 aromatic heterocycles. The molecule has 3 rings (SSSR count). The summed E-state index contributed by atoms with van der Waals surface area (Å²) in [5, 5.41) is 3.30. The predicted molar refractivity (Wildman–Crippen MR) is 156 cm³/mol. The Bertz CT molecular complexity index is 1360. The summed E-state index contributed by atoms with van der Waals surface area (Å²) in [6, 6.07) is 20.1. The molecule has 11 heteroatoms. The van der Waals surface area contributed by atoms with Crippen LogP contribution >= 0.6 is 45.8 Å². The smallest absolute Gasteiger partial charge is 0.244 e. The summed E-state index contributed by atoms with van der Waals surface area (Å²) in [5.41, 5.74) is 1.84. The molecule has 196 valence electrons. The van der Waals surface area contributed by atoms with Crippen LogP contribution in [0.15, 0.2) is 72.8 Å². The van der Waals surface area contributed by atoms with E-state index in [0.717, 1.165) is 19.7 Å². The van der Waals surface area contributed by atoms with Crippen LogP contribution in [-0.4, -0.2) is 51.0 Å². The molecule has 0 saturated carbocycles. The zero-order chi connectivity index (χ0) is 27.2. The number of sulfonamides is 1. The van der Waals surface area contributed by atoms with Gasteiger partial charge in [-0.3, -0.25) is 13.9 Å².